The lowest BCUT2D eigenvalue weighted by Crippen LogP contribution is -2.06. The molecule has 0 fully saturated rings. The fraction of sp³-hybridized carbons (Fsp3) is 0.250. The van der Waals surface area contributed by atoms with Gasteiger partial charge in [-0.3, -0.25) is 0 Å². The van der Waals surface area contributed by atoms with E-state index in [-0.39, 0.29) is 6.04 Å². The molecular formula is C12H12Br2N2S. The first kappa shape index (κ1) is 13.1. The second kappa shape index (κ2) is 5.50. The van der Waals surface area contributed by atoms with Gasteiger partial charge in [-0.15, -0.1) is 11.3 Å². The monoisotopic (exact) mass is 374 g/mol. The lowest BCUT2D eigenvalue weighted by atomic mass is 10.2. The third-order valence-corrected chi connectivity index (χ3v) is 4.69. The summed E-state index contributed by atoms with van der Waals surface area (Å²) in [6.45, 7) is 4.16. The van der Waals surface area contributed by atoms with E-state index in [0.29, 0.717) is 0 Å². The number of aryl methyl sites for hydroxylation is 1. The van der Waals surface area contributed by atoms with E-state index >= 15 is 0 Å². The minimum atomic E-state index is 0.285. The first-order chi connectivity index (χ1) is 8.06. The van der Waals surface area contributed by atoms with Gasteiger partial charge in [-0.05, 0) is 70.0 Å². The maximum Gasteiger partial charge on any atom is 0.106 e. The second-order valence-electron chi connectivity index (χ2n) is 3.77. The highest BCUT2D eigenvalue weighted by molar-refractivity contribution is 9.11. The molecule has 0 amide bonds. The molecule has 17 heavy (non-hydrogen) atoms. The smallest absolute Gasteiger partial charge is 0.106 e. The molecule has 5 heteroatoms. The maximum absolute atomic E-state index is 4.37. The molecule has 0 saturated carbocycles. The van der Waals surface area contributed by atoms with Gasteiger partial charge in [-0.2, -0.15) is 0 Å². The number of halogens is 2. The molecule has 0 aliphatic heterocycles. The normalized spacial score (nSPS) is 12.5. The van der Waals surface area contributed by atoms with Gasteiger partial charge in [0.15, 0.2) is 0 Å². The van der Waals surface area contributed by atoms with Crippen molar-refractivity contribution in [1.29, 1.82) is 0 Å². The van der Waals surface area contributed by atoms with Crippen LogP contribution in [-0.2, 0) is 0 Å². The first-order valence-corrected chi connectivity index (χ1v) is 7.61. The second-order valence-corrected chi connectivity index (χ2v) is 7.08. The molecule has 1 atom stereocenters. The highest BCUT2D eigenvalue weighted by atomic mass is 79.9. The van der Waals surface area contributed by atoms with E-state index in [4.69, 9.17) is 0 Å². The van der Waals surface area contributed by atoms with Crippen molar-refractivity contribution in [3.8, 4) is 0 Å². The van der Waals surface area contributed by atoms with Gasteiger partial charge in [0, 0.05) is 4.88 Å². The number of thiophene rings is 1. The van der Waals surface area contributed by atoms with E-state index in [2.05, 4.69) is 61.2 Å². The minimum Gasteiger partial charge on any atom is -0.376 e. The number of pyridine rings is 1. The zero-order valence-electron chi connectivity index (χ0n) is 9.50. The summed E-state index contributed by atoms with van der Waals surface area (Å²) >= 11 is 8.60. The summed E-state index contributed by atoms with van der Waals surface area (Å²) in [6.07, 6.45) is 0. The van der Waals surface area contributed by atoms with Crippen LogP contribution in [0.1, 0.15) is 23.5 Å². The quantitative estimate of drug-likeness (QED) is 0.750. The number of anilines is 1. The van der Waals surface area contributed by atoms with Gasteiger partial charge in [0.25, 0.3) is 0 Å². The summed E-state index contributed by atoms with van der Waals surface area (Å²) in [5, 5.41) is 3.47. The number of nitrogens with zero attached hydrogens (tertiary/aromatic N) is 1. The molecule has 1 unspecified atom stereocenters. The molecule has 0 bridgehead atoms. The van der Waals surface area contributed by atoms with Crippen molar-refractivity contribution >= 4 is 48.9 Å². The van der Waals surface area contributed by atoms with Gasteiger partial charge < -0.3 is 5.32 Å². The van der Waals surface area contributed by atoms with Crippen molar-refractivity contribution in [2.24, 2.45) is 0 Å². The van der Waals surface area contributed by atoms with Crippen LogP contribution >= 0.6 is 43.2 Å². The SMILES string of the molecule is Cc1nc(Br)ccc1NC(C)c1ccc(Br)s1. The summed E-state index contributed by atoms with van der Waals surface area (Å²) in [7, 11) is 0. The molecule has 0 aromatic carbocycles. The molecular weight excluding hydrogens is 364 g/mol. The van der Waals surface area contributed by atoms with E-state index < -0.39 is 0 Å². The molecule has 0 aliphatic rings. The predicted octanol–water partition coefficient (Wildman–Crippen LogP) is 5.15. The molecule has 2 rings (SSSR count). The van der Waals surface area contributed by atoms with E-state index in [1.807, 2.05) is 19.1 Å². The van der Waals surface area contributed by atoms with Crippen LogP contribution in [0.2, 0.25) is 0 Å². The van der Waals surface area contributed by atoms with Crippen LogP contribution in [0, 0.1) is 6.92 Å². The van der Waals surface area contributed by atoms with Gasteiger partial charge in [0.2, 0.25) is 0 Å². The van der Waals surface area contributed by atoms with E-state index in [1.165, 1.54) is 4.88 Å². The van der Waals surface area contributed by atoms with Crippen molar-refractivity contribution in [1.82, 2.24) is 4.98 Å². The Morgan fingerprint density at radius 3 is 2.59 bits per heavy atom. The molecule has 2 aromatic heterocycles. The largest absolute Gasteiger partial charge is 0.376 e. The summed E-state index contributed by atoms with van der Waals surface area (Å²) in [5.41, 5.74) is 2.08. The van der Waals surface area contributed by atoms with Crippen LogP contribution in [-0.4, -0.2) is 4.98 Å². The van der Waals surface area contributed by atoms with Crippen molar-refractivity contribution in [3.63, 3.8) is 0 Å². The number of hydrogen-bond donors (Lipinski definition) is 1. The van der Waals surface area contributed by atoms with Crippen LogP contribution in [0.25, 0.3) is 0 Å². The third kappa shape index (κ3) is 3.30. The van der Waals surface area contributed by atoms with E-state index in [9.17, 15) is 0 Å². The molecule has 2 aromatic rings. The highest BCUT2D eigenvalue weighted by Gasteiger charge is 2.09. The van der Waals surface area contributed by atoms with Crippen LogP contribution in [0.15, 0.2) is 32.7 Å². The number of rotatable bonds is 3. The molecule has 1 N–H and O–H groups in total. The van der Waals surface area contributed by atoms with Crippen molar-refractivity contribution in [3.05, 3.63) is 43.2 Å². The van der Waals surface area contributed by atoms with E-state index in [0.717, 1.165) is 19.8 Å². The Bertz CT molecular complexity index is 525. The number of nitrogens with one attached hydrogen (secondary N) is 1. The van der Waals surface area contributed by atoms with Crippen LogP contribution in [0.3, 0.4) is 0 Å². The zero-order chi connectivity index (χ0) is 12.4. The number of aromatic nitrogens is 1. The Balaban J connectivity index is 2.15. The summed E-state index contributed by atoms with van der Waals surface area (Å²) < 4.78 is 2.03. The Hall–Kier alpha value is -0.390. The Labute approximate surface area is 122 Å². The third-order valence-electron chi connectivity index (χ3n) is 2.44. The standard InChI is InChI=1S/C12H12Br2N2S/c1-7-9(3-5-11(13)16-7)15-8(2)10-4-6-12(14)17-10/h3-6,8,15H,1-2H3. The lowest BCUT2D eigenvalue weighted by Gasteiger charge is -2.15. The van der Waals surface area contributed by atoms with Gasteiger partial charge >= 0.3 is 0 Å². The molecule has 0 aliphatic carbocycles. The highest BCUT2D eigenvalue weighted by Crippen LogP contribution is 2.30. The Morgan fingerprint density at radius 1 is 1.24 bits per heavy atom. The van der Waals surface area contributed by atoms with Gasteiger partial charge in [-0.25, -0.2) is 4.98 Å². The maximum atomic E-state index is 4.37. The molecule has 2 nitrogen and oxygen atoms in total. The average Bonchev–Trinajstić information content (AvgIpc) is 2.69. The van der Waals surface area contributed by atoms with Crippen LogP contribution in [0.5, 0.6) is 0 Å². The molecule has 0 saturated heterocycles. The Kier molecular flexibility index (Phi) is 4.22. The molecule has 90 valence electrons. The van der Waals surface area contributed by atoms with Gasteiger partial charge in [0.1, 0.15) is 4.60 Å². The topological polar surface area (TPSA) is 24.9 Å². The summed E-state index contributed by atoms with van der Waals surface area (Å²) in [5.74, 6) is 0. The predicted molar refractivity (Wildman–Crippen MR) is 80.7 cm³/mol. The fourth-order valence-electron chi connectivity index (χ4n) is 1.55. The fourth-order valence-corrected chi connectivity index (χ4v) is 3.37. The summed E-state index contributed by atoms with van der Waals surface area (Å²) in [6, 6.07) is 8.49. The van der Waals surface area contributed by atoms with Crippen molar-refractivity contribution in [2.45, 2.75) is 19.9 Å². The van der Waals surface area contributed by atoms with Crippen molar-refractivity contribution in [2.75, 3.05) is 5.32 Å². The Morgan fingerprint density at radius 2 is 2.00 bits per heavy atom. The molecule has 0 radical (unpaired) electrons. The zero-order valence-corrected chi connectivity index (χ0v) is 13.5. The lowest BCUT2D eigenvalue weighted by molar-refractivity contribution is 0.900. The van der Waals surface area contributed by atoms with Gasteiger partial charge in [0.05, 0.1) is 21.2 Å². The average molecular weight is 376 g/mol. The van der Waals surface area contributed by atoms with Crippen LogP contribution < -0.4 is 5.32 Å². The number of hydrogen-bond acceptors (Lipinski definition) is 3. The first-order valence-electron chi connectivity index (χ1n) is 5.21. The molecule has 0 spiro atoms. The van der Waals surface area contributed by atoms with Gasteiger partial charge in [-0.1, -0.05) is 0 Å². The van der Waals surface area contributed by atoms with E-state index in [1.54, 1.807) is 11.3 Å². The van der Waals surface area contributed by atoms with Crippen LogP contribution in [0.4, 0.5) is 5.69 Å². The minimum absolute atomic E-state index is 0.285. The summed E-state index contributed by atoms with van der Waals surface area (Å²) in [4.78, 5) is 5.68. The van der Waals surface area contributed by atoms with Crippen molar-refractivity contribution < 1.29 is 0 Å². The molecule has 2 heterocycles.